The van der Waals surface area contributed by atoms with E-state index >= 15 is 0 Å². The zero-order chi connectivity index (χ0) is 19.8. The summed E-state index contributed by atoms with van der Waals surface area (Å²) in [7, 11) is 0. The Hall–Kier alpha value is -3.23. The van der Waals surface area contributed by atoms with Crippen LogP contribution in [0.25, 0.3) is 11.0 Å². The van der Waals surface area contributed by atoms with Gasteiger partial charge in [-0.25, -0.2) is 9.78 Å². The molecule has 0 aromatic carbocycles. The van der Waals surface area contributed by atoms with E-state index in [1.807, 2.05) is 4.90 Å². The SMILES string of the molecule is C=CCC(=O)N1CCC2CCC(C1)N2C(=O)c1cnc2[nH]c(=O)[nH]c(=O)c2c1. The predicted octanol–water partition coefficient (Wildman–Crippen LogP) is 0.393. The number of aromatic amines is 2. The number of nitrogens with one attached hydrogen (secondary N) is 2. The first-order chi connectivity index (χ1) is 13.5. The Bertz CT molecular complexity index is 1070. The van der Waals surface area contributed by atoms with Crippen molar-refractivity contribution in [3.05, 3.63) is 51.3 Å². The lowest BCUT2D eigenvalue weighted by Crippen LogP contribution is -2.44. The number of hydrogen-bond acceptors (Lipinski definition) is 5. The van der Waals surface area contributed by atoms with Crippen molar-refractivity contribution < 1.29 is 9.59 Å². The Morgan fingerprint density at radius 3 is 2.79 bits per heavy atom. The Kier molecular flexibility index (Phi) is 4.58. The number of carbonyl (C=O) groups excluding carboxylic acids is 2. The molecule has 2 aromatic rings. The number of aromatic nitrogens is 3. The number of nitrogens with zero attached hydrogens (tertiary/aromatic N) is 3. The van der Waals surface area contributed by atoms with Crippen LogP contribution in [0.4, 0.5) is 0 Å². The van der Waals surface area contributed by atoms with E-state index in [2.05, 4.69) is 21.5 Å². The monoisotopic (exact) mass is 383 g/mol. The van der Waals surface area contributed by atoms with E-state index in [0.717, 1.165) is 19.3 Å². The lowest BCUT2D eigenvalue weighted by molar-refractivity contribution is -0.130. The van der Waals surface area contributed by atoms with E-state index in [0.29, 0.717) is 25.1 Å². The number of amides is 2. The molecule has 2 amide bonds. The highest BCUT2D eigenvalue weighted by atomic mass is 16.2. The largest absolute Gasteiger partial charge is 0.340 e. The molecule has 2 atom stereocenters. The number of hydrogen-bond donors (Lipinski definition) is 2. The summed E-state index contributed by atoms with van der Waals surface area (Å²) in [5.74, 6) is -0.177. The second-order valence-electron chi connectivity index (χ2n) is 7.25. The summed E-state index contributed by atoms with van der Waals surface area (Å²) in [5.41, 5.74) is -0.780. The van der Waals surface area contributed by atoms with Crippen LogP contribution in [0.5, 0.6) is 0 Å². The van der Waals surface area contributed by atoms with E-state index in [1.54, 1.807) is 11.0 Å². The van der Waals surface area contributed by atoms with Crippen LogP contribution in [0, 0.1) is 0 Å². The van der Waals surface area contributed by atoms with Crippen LogP contribution >= 0.6 is 0 Å². The molecule has 2 unspecified atom stereocenters. The maximum absolute atomic E-state index is 13.2. The Balaban J connectivity index is 1.63. The summed E-state index contributed by atoms with van der Waals surface area (Å²) in [6, 6.07) is 1.46. The van der Waals surface area contributed by atoms with E-state index in [4.69, 9.17) is 0 Å². The molecule has 9 heteroatoms. The molecule has 2 aliphatic rings. The molecule has 0 spiro atoms. The Labute approximate surface area is 160 Å². The fourth-order valence-electron chi connectivity index (χ4n) is 4.20. The van der Waals surface area contributed by atoms with Crippen LogP contribution in [-0.4, -0.2) is 61.7 Å². The second kappa shape index (κ2) is 7.06. The lowest BCUT2D eigenvalue weighted by Gasteiger charge is -2.29. The highest BCUT2D eigenvalue weighted by Crippen LogP contribution is 2.32. The summed E-state index contributed by atoms with van der Waals surface area (Å²) in [6.45, 7) is 4.74. The Morgan fingerprint density at radius 2 is 2.00 bits per heavy atom. The maximum atomic E-state index is 13.2. The highest BCUT2D eigenvalue weighted by molar-refractivity contribution is 5.97. The minimum Gasteiger partial charge on any atom is -0.340 e. The molecule has 0 aliphatic carbocycles. The van der Waals surface area contributed by atoms with Gasteiger partial charge in [-0.1, -0.05) is 6.08 Å². The maximum Gasteiger partial charge on any atom is 0.327 e. The molecule has 4 heterocycles. The van der Waals surface area contributed by atoms with Crippen LogP contribution in [-0.2, 0) is 4.79 Å². The van der Waals surface area contributed by atoms with E-state index in [9.17, 15) is 19.2 Å². The van der Waals surface area contributed by atoms with Gasteiger partial charge in [0.1, 0.15) is 5.65 Å². The van der Waals surface area contributed by atoms with Gasteiger partial charge >= 0.3 is 5.69 Å². The molecule has 2 fully saturated rings. The average Bonchev–Trinajstić information content (AvgIpc) is 2.95. The molecule has 0 radical (unpaired) electrons. The molecule has 2 aliphatic heterocycles. The molecule has 0 saturated carbocycles. The first-order valence-corrected chi connectivity index (χ1v) is 9.31. The summed E-state index contributed by atoms with van der Waals surface area (Å²) in [4.78, 5) is 61.2. The zero-order valence-corrected chi connectivity index (χ0v) is 15.3. The van der Waals surface area contributed by atoms with Gasteiger partial charge in [0.25, 0.3) is 11.5 Å². The number of rotatable bonds is 3. The van der Waals surface area contributed by atoms with Crippen molar-refractivity contribution in [1.29, 1.82) is 0 Å². The van der Waals surface area contributed by atoms with Crippen molar-refractivity contribution >= 4 is 22.8 Å². The molecule has 146 valence electrons. The molecule has 2 saturated heterocycles. The molecular formula is C19H21N5O4. The van der Waals surface area contributed by atoms with Crippen molar-refractivity contribution in [3.8, 4) is 0 Å². The van der Waals surface area contributed by atoms with Gasteiger partial charge in [-0.2, -0.15) is 0 Å². The van der Waals surface area contributed by atoms with Crippen LogP contribution in [0.1, 0.15) is 36.0 Å². The van der Waals surface area contributed by atoms with Gasteiger partial charge in [0, 0.05) is 37.8 Å². The fourth-order valence-corrected chi connectivity index (χ4v) is 4.20. The zero-order valence-electron chi connectivity index (χ0n) is 15.3. The van der Waals surface area contributed by atoms with E-state index in [-0.39, 0.29) is 34.9 Å². The van der Waals surface area contributed by atoms with Gasteiger partial charge in [0.05, 0.1) is 10.9 Å². The van der Waals surface area contributed by atoms with Crippen LogP contribution in [0.15, 0.2) is 34.5 Å². The van der Waals surface area contributed by atoms with Crippen LogP contribution < -0.4 is 11.2 Å². The highest BCUT2D eigenvalue weighted by Gasteiger charge is 2.41. The third-order valence-corrected chi connectivity index (χ3v) is 5.53. The third-order valence-electron chi connectivity index (χ3n) is 5.53. The van der Waals surface area contributed by atoms with Crippen molar-refractivity contribution in [2.45, 2.75) is 37.8 Å². The van der Waals surface area contributed by atoms with Gasteiger partial charge < -0.3 is 9.80 Å². The van der Waals surface area contributed by atoms with E-state index in [1.165, 1.54) is 12.3 Å². The minimum atomic E-state index is -0.640. The molecule has 4 rings (SSSR count). The van der Waals surface area contributed by atoms with Gasteiger partial charge in [0.2, 0.25) is 5.91 Å². The number of carbonyl (C=O) groups is 2. The number of pyridine rings is 1. The average molecular weight is 383 g/mol. The molecule has 2 N–H and O–H groups in total. The summed E-state index contributed by atoms with van der Waals surface area (Å²) < 4.78 is 0. The summed E-state index contributed by atoms with van der Waals surface area (Å²) >= 11 is 0. The van der Waals surface area contributed by atoms with Gasteiger partial charge in [-0.3, -0.25) is 24.4 Å². The third kappa shape index (κ3) is 3.12. The predicted molar refractivity (Wildman–Crippen MR) is 102 cm³/mol. The first kappa shape index (κ1) is 18.1. The second-order valence-corrected chi connectivity index (χ2v) is 7.25. The molecule has 9 nitrogen and oxygen atoms in total. The normalized spacial score (nSPS) is 21.6. The fraction of sp³-hybridized carbons (Fsp3) is 0.421. The van der Waals surface area contributed by atoms with E-state index < -0.39 is 11.2 Å². The van der Waals surface area contributed by atoms with Crippen LogP contribution in [0.3, 0.4) is 0 Å². The molecular weight excluding hydrogens is 362 g/mol. The number of fused-ring (bicyclic) bond motifs is 3. The lowest BCUT2D eigenvalue weighted by atomic mass is 10.1. The minimum absolute atomic E-state index is 0.0257. The van der Waals surface area contributed by atoms with Gasteiger partial charge in [0.15, 0.2) is 0 Å². The summed E-state index contributed by atoms with van der Waals surface area (Å²) in [5, 5.41) is 0.162. The van der Waals surface area contributed by atoms with Gasteiger partial charge in [-0.05, 0) is 25.3 Å². The van der Waals surface area contributed by atoms with Crippen molar-refractivity contribution in [3.63, 3.8) is 0 Å². The molecule has 2 bridgehead atoms. The smallest absolute Gasteiger partial charge is 0.327 e. The topological polar surface area (TPSA) is 119 Å². The van der Waals surface area contributed by atoms with Crippen molar-refractivity contribution in [2.75, 3.05) is 13.1 Å². The quantitative estimate of drug-likeness (QED) is 0.743. The van der Waals surface area contributed by atoms with Gasteiger partial charge in [-0.15, -0.1) is 6.58 Å². The van der Waals surface area contributed by atoms with Crippen molar-refractivity contribution in [1.82, 2.24) is 24.8 Å². The van der Waals surface area contributed by atoms with Crippen LogP contribution in [0.2, 0.25) is 0 Å². The number of likely N-dealkylation sites (tertiary alicyclic amines) is 1. The molecule has 28 heavy (non-hydrogen) atoms. The number of H-pyrrole nitrogens is 2. The summed E-state index contributed by atoms with van der Waals surface area (Å²) in [6.07, 6.45) is 5.72. The first-order valence-electron chi connectivity index (χ1n) is 9.31. The Morgan fingerprint density at radius 1 is 1.21 bits per heavy atom. The van der Waals surface area contributed by atoms with Crippen molar-refractivity contribution in [2.24, 2.45) is 0 Å². The standard InChI is InChI=1S/C19H21N5O4/c1-2-3-15(25)23-7-6-12-4-5-13(10-23)24(12)18(27)11-8-14-16(20-9-11)21-19(28)22-17(14)26/h2,8-9,12-13H,1,3-7,10H2,(H2,20,21,22,26,28). The molecule has 2 aromatic heterocycles.